The highest BCUT2D eigenvalue weighted by Gasteiger charge is 2.23. The number of carbonyl (C=O) groups excluding carboxylic acids is 2. The van der Waals surface area contributed by atoms with Crippen LogP contribution in [0, 0.1) is 5.92 Å². The van der Waals surface area contributed by atoms with Gasteiger partial charge in [0.2, 0.25) is 0 Å². The molecule has 2 amide bonds. The minimum absolute atomic E-state index is 0.164. The van der Waals surface area contributed by atoms with E-state index in [9.17, 15) is 9.59 Å². The van der Waals surface area contributed by atoms with Crippen LogP contribution in [0.2, 0.25) is 0 Å². The number of hydrogen-bond acceptors (Lipinski definition) is 6. The van der Waals surface area contributed by atoms with Crippen molar-refractivity contribution < 1.29 is 18.8 Å². The van der Waals surface area contributed by atoms with E-state index in [1.165, 1.54) is 0 Å². The van der Waals surface area contributed by atoms with Crippen molar-refractivity contribution in [3.63, 3.8) is 0 Å². The van der Waals surface area contributed by atoms with E-state index in [4.69, 9.17) is 9.26 Å². The van der Waals surface area contributed by atoms with E-state index < -0.39 is 0 Å². The average Bonchev–Trinajstić information content (AvgIpc) is 3.56. The maximum absolute atomic E-state index is 13.1. The first-order chi connectivity index (χ1) is 15.6. The molecule has 2 heterocycles. The predicted octanol–water partition coefficient (Wildman–Crippen LogP) is 3.10. The number of nitrogens with zero attached hydrogens (tertiary/aromatic N) is 3. The highest BCUT2D eigenvalue weighted by atomic mass is 16.5. The Kier molecular flexibility index (Phi) is 6.79. The molecule has 1 fully saturated rings. The van der Waals surface area contributed by atoms with Gasteiger partial charge in [0.25, 0.3) is 11.8 Å². The predicted molar refractivity (Wildman–Crippen MR) is 117 cm³/mol. The van der Waals surface area contributed by atoms with Crippen molar-refractivity contribution >= 4 is 11.8 Å². The Labute approximate surface area is 186 Å². The molecule has 0 spiro atoms. The van der Waals surface area contributed by atoms with E-state index >= 15 is 0 Å². The lowest BCUT2D eigenvalue weighted by Gasteiger charge is -2.21. The van der Waals surface area contributed by atoms with E-state index in [0.29, 0.717) is 36.8 Å². The monoisotopic (exact) mass is 434 g/mol. The van der Waals surface area contributed by atoms with Gasteiger partial charge in [-0.05, 0) is 55.0 Å². The minimum atomic E-state index is -0.254. The summed E-state index contributed by atoms with van der Waals surface area (Å²) in [7, 11) is 1.63. The standard InChI is InChI=1S/C24H26N4O4/c1-31-20-8-6-17(7-9-20)10-12-28(24(30)19-3-2-11-25-15-19)16-21-13-22(27-32-21)23(29)26-14-18-4-5-18/h2-3,6-9,11,13,15,18H,4-5,10,12,14,16H2,1H3,(H,26,29). The van der Waals surface area contributed by atoms with Crippen LogP contribution in [0.5, 0.6) is 5.75 Å². The fourth-order valence-corrected chi connectivity index (χ4v) is 3.31. The van der Waals surface area contributed by atoms with Gasteiger partial charge in [-0.25, -0.2) is 0 Å². The summed E-state index contributed by atoms with van der Waals surface area (Å²) in [6.07, 6.45) is 6.13. The van der Waals surface area contributed by atoms with Crippen molar-refractivity contribution in [3.05, 3.63) is 77.4 Å². The fourth-order valence-electron chi connectivity index (χ4n) is 3.31. The first kappa shape index (κ1) is 21.5. The summed E-state index contributed by atoms with van der Waals surface area (Å²) in [5, 5.41) is 6.76. The summed E-state index contributed by atoms with van der Waals surface area (Å²) in [6, 6.07) is 12.8. The van der Waals surface area contributed by atoms with Crippen molar-refractivity contribution in [1.29, 1.82) is 0 Å². The molecular weight excluding hydrogens is 408 g/mol. The zero-order valence-corrected chi connectivity index (χ0v) is 18.0. The summed E-state index contributed by atoms with van der Waals surface area (Å²) in [5.41, 5.74) is 1.79. The number of rotatable bonds is 10. The molecule has 1 aliphatic rings. The Morgan fingerprint density at radius 1 is 1.22 bits per heavy atom. The molecule has 1 aromatic carbocycles. The third-order valence-electron chi connectivity index (χ3n) is 5.41. The van der Waals surface area contributed by atoms with E-state index in [-0.39, 0.29) is 24.1 Å². The quantitative estimate of drug-likeness (QED) is 0.527. The molecule has 0 unspecified atom stereocenters. The first-order valence-electron chi connectivity index (χ1n) is 10.7. The molecule has 4 rings (SSSR count). The summed E-state index contributed by atoms with van der Waals surface area (Å²) < 4.78 is 10.6. The topological polar surface area (TPSA) is 97.6 Å². The molecule has 2 aromatic heterocycles. The second-order valence-corrected chi connectivity index (χ2v) is 7.90. The van der Waals surface area contributed by atoms with Gasteiger partial charge in [0.15, 0.2) is 11.5 Å². The van der Waals surface area contributed by atoms with Crippen molar-refractivity contribution in [1.82, 2.24) is 20.4 Å². The van der Waals surface area contributed by atoms with Crippen LogP contribution in [0.25, 0.3) is 0 Å². The molecule has 3 aromatic rings. The van der Waals surface area contributed by atoms with Gasteiger partial charge >= 0.3 is 0 Å². The van der Waals surface area contributed by atoms with Crippen LogP contribution in [0.1, 0.15) is 45.0 Å². The summed E-state index contributed by atoms with van der Waals surface area (Å²) >= 11 is 0. The molecule has 0 atom stereocenters. The molecule has 8 nitrogen and oxygen atoms in total. The summed E-state index contributed by atoms with van der Waals surface area (Å²) in [4.78, 5) is 31.1. The Bertz CT molecular complexity index is 1050. The summed E-state index contributed by atoms with van der Waals surface area (Å²) in [6.45, 7) is 1.32. The first-order valence-corrected chi connectivity index (χ1v) is 10.7. The van der Waals surface area contributed by atoms with Crippen LogP contribution >= 0.6 is 0 Å². The smallest absolute Gasteiger partial charge is 0.273 e. The fraction of sp³-hybridized carbons (Fsp3) is 0.333. The molecule has 1 saturated carbocycles. The van der Waals surface area contributed by atoms with Gasteiger partial charge in [-0.1, -0.05) is 17.3 Å². The number of nitrogens with one attached hydrogen (secondary N) is 1. The van der Waals surface area contributed by atoms with Crippen LogP contribution in [0.3, 0.4) is 0 Å². The lowest BCUT2D eigenvalue weighted by Crippen LogP contribution is -2.32. The van der Waals surface area contributed by atoms with E-state index in [1.807, 2.05) is 24.3 Å². The Hall–Kier alpha value is -3.68. The zero-order valence-electron chi connectivity index (χ0n) is 18.0. The number of ether oxygens (including phenoxy) is 1. The molecular formula is C24H26N4O4. The van der Waals surface area contributed by atoms with Gasteiger partial charge in [-0.3, -0.25) is 14.6 Å². The number of aromatic nitrogens is 2. The van der Waals surface area contributed by atoms with Crippen molar-refractivity contribution in [2.45, 2.75) is 25.8 Å². The number of amides is 2. The third kappa shape index (κ3) is 5.72. The minimum Gasteiger partial charge on any atom is -0.497 e. The Balaban J connectivity index is 1.44. The number of pyridine rings is 1. The van der Waals surface area contributed by atoms with Gasteiger partial charge in [0, 0.05) is 31.5 Å². The van der Waals surface area contributed by atoms with Gasteiger partial charge in [0.05, 0.1) is 19.2 Å². The van der Waals surface area contributed by atoms with Crippen LogP contribution in [0.15, 0.2) is 59.4 Å². The van der Waals surface area contributed by atoms with Crippen LogP contribution in [0.4, 0.5) is 0 Å². The van der Waals surface area contributed by atoms with Gasteiger partial charge < -0.3 is 19.5 Å². The highest BCUT2D eigenvalue weighted by Crippen LogP contribution is 2.27. The average molecular weight is 434 g/mol. The van der Waals surface area contributed by atoms with Crippen molar-refractivity contribution in [3.8, 4) is 5.75 Å². The molecule has 166 valence electrons. The van der Waals surface area contributed by atoms with Crippen molar-refractivity contribution in [2.75, 3.05) is 20.2 Å². The molecule has 8 heteroatoms. The van der Waals surface area contributed by atoms with Crippen LogP contribution in [-0.4, -0.2) is 47.1 Å². The molecule has 32 heavy (non-hydrogen) atoms. The zero-order chi connectivity index (χ0) is 22.3. The van der Waals surface area contributed by atoms with Gasteiger partial charge in [-0.15, -0.1) is 0 Å². The number of methoxy groups -OCH3 is 1. The number of carbonyl (C=O) groups is 2. The normalized spacial score (nSPS) is 12.9. The largest absolute Gasteiger partial charge is 0.497 e. The maximum Gasteiger partial charge on any atom is 0.273 e. The van der Waals surface area contributed by atoms with Crippen LogP contribution < -0.4 is 10.1 Å². The lowest BCUT2D eigenvalue weighted by molar-refractivity contribution is 0.0728. The highest BCUT2D eigenvalue weighted by molar-refractivity contribution is 5.94. The maximum atomic E-state index is 13.1. The van der Waals surface area contributed by atoms with Crippen LogP contribution in [-0.2, 0) is 13.0 Å². The molecule has 1 aliphatic carbocycles. The molecule has 0 bridgehead atoms. The second-order valence-electron chi connectivity index (χ2n) is 7.90. The molecule has 1 N–H and O–H groups in total. The molecule has 0 radical (unpaired) electrons. The number of benzene rings is 1. The van der Waals surface area contributed by atoms with E-state index in [0.717, 1.165) is 24.2 Å². The lowest BCUT2D eigenvalue weighted by atomic mass is 10.1. The SMILES string of the molecule is COc1ccc(CCN(Cc2cc(C(=O)NCC3CC3)no2)C(=O)c2cccnc2)cc1. The number of hydrogen-bond donors (Lipinski definition) is 1. The second kappa shape index (κ2) is 10.1. The summed E-state index contributed by atoms with van der Waals surface area (Å²) in [5.74, 6) is 1.40. The van der Waals surface area contributed by atoms with E-state index in [1.54, 1.807) is 42.6 Å². The molecule has 0 aliphatic heterocycles. The van der Waals surface area contributed by atoms with Gasteiger partial charge in [0.1, 0.15) is 5.75 Å². The Morgan fingerprint density at radius 3 is 2.72 bits per heavy atom. The molecule has 0 saturated heterocycles. The van der Waals surface area contributed by atoms with Gasteiger partial charge in [-0.2, -0.15) is 0 Å². The van der Waals surface area contributed by atoms with E-state index in [2.05, 4.69) is 15.5 Å². The van der Waals surface area contributed by atoms with Crippen molar-refractivity contribution in [2.24, 2.45) is 5.92 Å². The Morgan fingerprint density at radius 2 is 2.03 bits per heavy atom. The third-order valence-corrected chi connectivity index (χ3v) is 5.41.